The number of ether oxygens (including phenoxy) is 2. The molecule has 0 saturated carbocycles. The van der Waals surface area contributed by atoms with Gasteiger partial charge in [0.2, 0.25) is 0 Å². The highest BCUT2D eigenvalue weighted by molar-refractivity contribution is 5.99. The molecule has 1 unspecified atom stereocenters. The van der Waals surface area contributed by atoms with Crippen LogP contribution in [-0.2, 0) is 4.79 Å². The molecule has 1 amide bonds. The van der Waals surface area contributed by atoms with Gasteiger partial charge in [0, 0.05) is 6.07 Å². The number of benzene rings is 1. The Kier molecular flexibility index (Phi) is 4.49. The number of alkyl halides is 3. The Morgan fingerprint density at radius 3 is 2.30 bits per heavy atom. The number of nitrogens with two attached hydrogens (primary N) is 1. The molecule has 1 aromatic carbocycles. The van der Waals surface area contributed by atoms with Crippen molar-refractivity contribution in [3.8, 4) is 11.5 Å². The van der Waals surface area contributed by atoms with E-state index in [1.807, 2.05) is 0 Å². The van der Waals surface area contributed by atoms with Crippen molar-refractivity contribution in [3.05, 3.63) is 18.2 Å². The first-order valence-electron chi connectivity index (χ1n) is 5.52. The van der Waals surface area contributed by atoms with Crippen LogP contribution in [0.25, 0.3) is 0 Å². The van der Waals surface area contributed by atoms with Gasteiger partial charge in [0.25, 0.3) is 5.91 Å². The Bertz CT molecular complexity index is 501. The molecule has 0 saturated heterocycles. The smallest absolute Gasteiger partial charge is 0.415 e. The fourth-order valence-corrected chi connectivity index (χ4v) is 1.28. The SMILES string of the molecule is COc1ccc(NC(=O)C(C)(N)C(F)(F)F)c(OC)c1. The average Bonchev–Trinajstić information content (AvgIpc) is 2.37. The van der Waals surface area contributed by atoms with Gasteiger partial charge in [0.1, 0.15) is 11.5 Å². The molecule has 0 bridgehead atoms. The highest BCUT2D eigenvalue weighted by Crippen LogP contribution is 2.32. The van der Waals surface area contributed by atoms with Gasteiger partial charge in [0.05, 0.1) is 19.9 Å². The molecule has 0 spiro atoms. The number of hydrogen-bond donors (Lipinski definition) is 2. The first-order chi connectivity index (χ1) is 9.13. The van der Waals surface area contributed by atoms with Crippen LogP contribution in [0.5, 0.6) is 11.5 Å². The summed E-state index contributed by atoms with van der Waals surface area (Å²) in [5, 5.41) is 2.10. The monoisotopic (exact) mass is 292 g/mol. The van der Waals surface area contributed by atoms with E-state index in [0.29, 0.717) is 12.7 Å². The van der Waals surface area contributed by atoms with Crippen molar-refractivity contribution in [1.29, 1.82) is 0 Å². The highest BCUT2D eigenvalue weighted by atomic mass is 19.4. The van der Waals surface area contributed by atoms with Gasteiger partial charge in [-0.1, -0.05) is 0 Å². The molecule has 0 aliphatic heterocycles. The molecular formula is C12H15F3N2O3. The molecule has 0 aliphatic rings. The molecule has 0 radical (unpaired) electrons. The van der Waals surface area contributed by atoms with Crippen LogP contribution in [0.3, 0.4) is 0 Å². The molecule has 0 aromatic heterocycles. The summed E-state index contributed by atoms with van der Waals surface area (Å²) in [7, 11) is 2.74. The molecule has 3 N–H and O–H groups in total. The molecule has 112 valence electrons. The standard InChI is InChI=1S/C12H15F3N2O3/c1-11(16,12(13,14)15)10(18)17-8-5-4-7(19-2)6-9(8)20-3/h4-6H,16H2,1-3H3,(H,17,18). The van der Waals surface area contributed by atoms with Crippen molar-refractivity contribution < 1.29 is 27.4 Å². The zero-order valence-electron chi connectivity index (χ0n) is 11.2. The van der Waals surface area contributed by atoms with Crippen LogP contribution in [0.2, 0.25) is 0 Å². The number of carbonyl (C=O) groups excluding carboxylic acids is 1. The van der Waals surface area contributed by atoms with Gasteiger partial charge in [-0.25, -0.2) is 0 Å². The fraction of sp³-hybridized carbons (Fsp3) is 0.417. The summed E-state index contributed by atoms with van der Waals surface area (Å²) in [5.41, 5.74) is 2.10. The minimum Gasteiger partial charge on any atom is -0.497 e. The number of nitrogens with one attached hydrogen (secondary N) is 1. The number of carbonyl (C=O) groups is 1. The third kappa shape index (κ3) is 3.13. The van der Waals surface area contributed by atoms with Crippen LogP contribution in [0.1, 0.15) is 6.92 Å². The predicted molar refractivity (Wildman–Crippen MR) is 66.8 cm³/mol. The molecule has 5 nitrogen and oxygen atoms in total. The molecule has 20 heavy (non-hydrogen) atoms. The average molecular weight is 292 g/mol. The molecule has 1 rings (SSSR count). The second-order valence-corrected chi connectivity index (χ2v) is 4.22. The molecule has 1 aromatic rings. The minimum absolute atomic E-state index is 0.0687. The van der Waals surface area contributed by atoms with Crippen LogP contribution in [0.15, 0.2) is 18.2 Å². The normalized spacial score (nSPS) is 14.3. The summed E-state index contributed by atoms with van der Waals surface area (Å²) in [6.07, 6.45) is -4.86. The van der Waals surface area contributed by atoms with Crippen molar-refractivity contribution in [2.45, 2.75) is 18.6 Å². The number of hydrogen-bond acceptors (Lipinski definition) is 4. The zero-order chi connectivity index (χ0) is 15.6. The highest BCUT2D eigenvalue weighted by Gasteiger charge is 2.54. The van der Waals surface area contributed by atoms with Crippen molar-refractivity contribution in [1.82, 2.24) is 0 Å². The number of halogens is 3. The van der Waals surface area contributed by atoms with Gasteiger partial charge in [-0.3, -0.25) is 4.79 Å². The van der Waals surface area contributed by atoms with Crippen molar-refractivity contribution in [3.63, 3.8) is 0 Å². The number of anilines is 1. The van der Waals surface area contributed by atoms with E-state index in [0.717, 1.165) is 0 Å². The van der Waals surface area contributed by atoms with E-state index in [1.54, 1.807) is 0 Å². The quantitative estimate of drug-likeness (QED) is 0.889. The van der Waals surface area contributed by atoms with Gasteiger partial charge >= 0.3 is 6.18 Å². The first-order valence-corrected chi connectivity index (χ1v) is 5.52. The molecule has 1 atom stereocenters. The van der Waals surface area contributed by atoms with Gasteiger partial charge in [-0.2, -0.15) is 13.2 Å². The van der Waals surface area contributed by atoms with Crippen LogP contribution in [0.4, 0.5) is 18.9 Å². The number of amides is 1. The first kappa shape index (κ1) is 16.1. The third-order valence-corrected chi connectivity index (χ3v) is 2.72. The Labute approximate surface area is 113 Å². The second-order valence-electron chi connectivity index (χ2n) is 4.22. The lowest BCUT2D eigenvalue weighted by atomic mass is 10.0. The fourth-order valence-electron chi connectivity index (χ4n) is 1.28. The Hall–Kier alpha value is -1.96. The lowest BCUT2D eigenvalue weighted by Crippen LogP contribution is -2.59. The largest absolute Gasteiger partial charge is 0.497 e. The van der Waals surface area contributed by atoms with E-state index in [-0.39, 0.29) is 11.4 Å². The molecule has 8 heteroatoms. The maximum atomic E-state index is 12.7. The van der Waals surface area contributed by atoms with Gasteiger partial charge in [-0.15, -0.1) is 0 Å². The molecular weight excluding hydrogens is 277 g/mol. The Morgan fingerprint density at radius 2 is 1.85 bits per heavy atom. The Morgan fingerprint density at radius 1 is 1.25 bits per heavy atom. The Balaban J connectivity index is 3.02. The van der Waals surface area contributed by atoms with E-state index >= 15 is 0 Å². The summed E-state index contributed by atoms with van der Waals surface area (Å²) < 4.78 is 47.9. The van der Waals surface area contributed by atoms with E-state index in [2.05, 4.69) is 5.32 Å². The third-order valence-electron chi connectivity index (χ3n) is 2.72. The number of rotatable bonds is 4. The minimum atomic E-state index is -4.86. The maximum Gasteiger partial charge on any atom is 0.415 e. The van der Waals surface area contributed by atoms with E-state index < -0.39 is 17.6 Å². The van der Waals surface area contributed by atoms with Crippen molar-refractivity contribution in [2.75, 3.05) is 19.5 Å². The predicted octanol–water partition coefficient (Wildman–Crippen LogP) is 1.92. The molecule has 0 aliphatic carbocycles. The van der Waals surface area contributed by atoms with E-state index in [4.69, 9.17) is 15.2 Å². The van der Waals surface area contributed by atoms with Gasteiger partial charge < -0.3 is 20.5 Å². The maximum absolute atomic E-state index is 12.7. The topological polar surface area (TPSA) is 73.6 Å². The van der Waals surface area contributed by atoms with E-state index in [9.17, 15) is 18.0 Å². The molecule has 0 heterocycles. The van der Waals surface area contributed by atoms with Crippen LogP contribution in [-0.4, -0.2) is 31.8 Å². The van der Waals surface area contributed by atoms with Crippen LogP contribution >= 0.6 is 0 Å². The van der Waals surface area contributed by atoms with Gasteiger partial charge in [-0.05, 0) is 19.1 Å². The summed E-state index contributed by atoms with van der Waals surface area (Å²) >= 11 is 0. The van der Waals surface area contributed by atoms with Crippen LogP contribution < -0.4 is 20.5 Å². The lowest BCUT2D eigenvalue weighted by molar-refractivity contribution is -0.184. The van der Waals surface area contributed by atoms with E-state index in [1.165, 1.54) is 32.4 Å². The number of methoxy groups -OCH3 is 2. The summed E-state index contributed by atoms with van der Waals surface area (Å²) in [5.74, 6) is -0.782. The second kappa shape index (κ2) is 5.58. The zero-order valence-corrected chi connectivity index (χ0v) is 11.2. The van der Waals surface area contributed by atoms with Gasteiger partial charge in [0.15, 0.2) is 5.54 Å². The van der Waals surface area contributed by atoms with Crippen LogP contribution in [0, 0.1) is 0 Å². The van der Waals surface area contributed by atoms with Crippen molar-refractivity contribution in [2.24, 2.45) is 5.73 Å². The molecule has 0 fully saturated rings. The van der Waals surface area contributed by atoms with Crippen molar-refractivity contribution >= 4 is 11.6 Å². The summed E-state index contributed by atoms with van der Waals surface area (Å²) in [6, 6.07) is 4.26. The summed E-state index contributed by atoms with van der Waals surface area (Å²) in [4.78, 5) is 11.7. The summed E-state index contributed by atoms with van der Waals surface area (Å²) in [6.45, 7) is 0.596. The lowest BCUT2D eigenvalue weighted by Gasteiger charge is -2.26.